The van der Waals surface area contributed by atoms with Gasteiger partial charge >= 0.3 is 0 Å². The largest absolute Gasteiger partial charge is 0.490 e. The molecule has 0 N–H and O–H groups in total. The lowest BCUT2D eigenvalue weighted by Gasteiger charge is -2.13. The van der Waals surface area contributed by atoms with Gasteiger partial charge in [-0.15, -0.1) is 0 Å². The summed E-state index contributed by atoms with van der Waals surface area (Å²) in [5.41, 5.74) is 3.17. The van der Waals surface area contributed by atoms with E-state index in [1.54, 1.807) is 50.5 Å². The molecular formula is C23H27NO3. The lowest BCUT2D eigenvalue weighted by atomic mass is 10.0. The molecule has 0 aliphatic rings. The summed E-state index contributed by atoms with van der Waals surface area (Å²) in [4.78, 5) is 25.9. The van der Waals surface area contributed by atoms with Crippen molar-refractivity contribution in [3.63, 3.8) is 0 Å². The quantitative estimate of drug-likeness (QED) is 0.531. The Morgan fingerprint density at radius 2 is 1.67 bits per heavy atom. The van der Waals surface area contributed by atoms with E-state index in [1.165, 1.54) is 10.5 Å². The number of nitrogens with zero attached hydrogens (tertiary/aromatic N) is 1. The molecule has 0 aromatic heterocycles. The summed E-state index contributed by atoms with van der Waals surface area (Å²) in [6, 6.07) is 12.7. The van der Waals surface area contributed by atoms with Crippen LogP contribution in [0.3, 0.4) is 0 Å². The molecule has 0 bridgehead atoms. The number of benzene rings is 2. The third-order valence-corrected chi connectivity index (χ3v) is 4.08. The summed E-state index contributed by atoms with van der Waals surface area (Å²) in [5.74, 6) is 0.561. The van der Waals surface area contributed by atoms with E-state index in [1.807, 2.05) is 32.0 Å². The molecule has 4 nitrogen and oxygen atoms in total. The number of allylic oxidation sites excluding steroid dienone is 1. The number of hydrogen-bond donors (Lipinski definition) is 0. The van der Waals surface area contributed by atoms with Crippen molar-refractivity contribution in [2.24, 2.45) is 0 Å². The average Bonchev–Trinajstić information content (AvgIpc) is 2.66. The average molecular weight is 365 g/mol. The van der Waals surface area contributed by atoms with Gasteiger partial charge < -0.3 is 9.64 Å². The number of carbonyl (C=O) groups excluding carboxylic acids is 2. The van der Waals surface area contributed by atoms with Gasteiger partial charge in [-0.3, -0.25) is 9.59 Å². The van der Waals surface area contributed by atoms with Gasteiger partial charge in [0, 0.05) is 30.8 Å². The first kappa shape index (κ1) is 20.4. The molecule has 1 amide bonds. The summed E-state index contributed by atoms with van der Waals surface area (Å²) in [6.45, 7) is 6.04. The van der Waals surface area contributed by atoms with E-state index in [0.29, 0.717) is 11.1 Å². The van der Waals surface area contributed by atoms with Gasteiger partial charge in [0.1, 0.15) is 5.75 Å². The third-order valence-electron chi connectivity index (χ3n) is 4.08. The molecule has 0 fully saturated rings. The second-order valence-corrected chi connectivity index (χ2v) is 6.87. The third kappa shape index (κ3) is 5.55. The molecule has 0 aliphatic carbocycles. The second-order valence-electron chi connectivity index (χ2n) is 6.87. The Morgan fingerprint density at radius 1 is 1.04 bits per heavy atom. The van der Waals surface area contributed by atoms with Gasteiger partial charge in [0.15, 0.2) is 5.78 Å². The Balaban J connectivity index is 2.22. The minimum atomic E-state index is -0.115. The molecule has 0 saturated carbocycles. The first-order valence-electron chi connectivity index (χ1n) is 9.15. The van der Waals surface area contributed by atoms with Crippen LogP contribution in [0.25, 0.3) is 6.08 Å². The highest BCUT2D eigenvalue weighted by atomic mass is 16.5. The number of carbonyl (C=O) groups is 2. The number of rotatable bonds is 7. The number of aryl methyl sites for hydroxylation is 1. The number of ketones is 1. The first-order valence-corrected chi connectivity index (χ1v) is 9.15. The minimum absolute atomic E-state index is 0.0575. The van der Waals surface area contributed by atoms with Crippen molar-refractivity contribution in [1.82, 2.24) is 4.90 Å². The van der Waals surface area contributed by atoms with Crippen molar-refractivity contribution < 1.29 is 14.3 Å². The van der Waals surface area contributed by atoms with E-state index >= 15 is 0 Å². The Labute approximate surface area is 161 Å². The maximum Gasteiger partial charge on any atom is 0.253 e. The van der Waals surface area contributed by atoms with Crippen molar-refractivity contribution >= 4 is 17.8 Å². The zero-order chi connectivity index (χ0) is 20.0. The van der Waals surface area contributed by atoms with Gasteiger partial charge in [-0.2, -0.15) is 0 Å². The molecule has 0 saturated heterocycles. The zero-order valence-corrected chi connectivity index (χ0v) is 16.7. The standard InChI is InChI=1S/C23H27NO3/c1-6-17-7-14-22(27-16(2)3)20(15-17)12-13-21(25)18-8-10-19(11-9-18)23(26)24(4)5/h7-16H,6H2,1-5H3/b13-12+. The molecule has 0 unspecified atom stereocenters. The SMILES string of the molecule is CCc1ccc(OC(C)C)c(/C=C/C(=O)c2ccc(C(=O)N(C)C)cc2)c1. The summed E-state index contributed by atoms with van der Waals surface area (Å²) in [6.07, 6.45) is 4.31. The van der Waals surface area contributed by atoms with Gasteiger partial charge in [0.05, 0.1) is 6.10 Å². The van der Waals surface area contributed by atoms with Gasteiger partial charge in [-0.05, 0) is 62.2 Å². The predicted molar refractivity (Wildman–Crippen MR) is 109 cm³/mol. The van der Waals surface area contributed by atoms with E-state index in [4.69, 9.17) is 4.74 Å². The number of hydrogen-bond acceptors (Lipinski definition) is 3. The Morgan fingerprint density at radius 3 is 2.22 bits per heavy atom. The maximum atomic E-state index is 12.5. The van der Waals surface area contributed by atoms with Crippen LogP contribution in [0.2, 0.25) is 0 Å². The number of amides is 1. The van der Waals surface area contributed by atoms with Crippen LogP contribution in [-0.4, -0.2) is 36.8 Å². The van der Waals surface area contributed by atoms with Crippen molar-refractivity contribution in [1.29, 1.82) is 0 Å². The predicted octanol–water partition coefficient (Wildman–Crippen LogP) is 4.63. The lowest BCUT2D eigenvalue weighted by Crippen LogP contribution is -2.21. The second kappa shape index (κ2) is 9.17. The van der Waals surface area contributed by atoms with Crippen LogP contribution in [-0.2, 0) is 6.42 Å². The summed E-state index contributed by atoms with van der Waals surface area (Å²) < 4.78 is 5.84. The van der Waals surface area contributed by atoms with Crippen LogP contribution >= 0.6 is 0 Å². The molecule has 2 aromatic carbocycles. The van der Waals surface area contributed by atoms with Crippen LogP contribution in [0.15, 0.2) is 48.5 Å². The number of ether oxygens (including phenoxy) is 1. The fourth-order valence-electron chi connectivity index (χ4n) is 2.61. The van der Waals surface area contributed by atoms with Crippen LogP contribution < -0.4 is 4.74 Å². The molecule has 142 valence electrons. The van der Waals surface area contributed by atoms with Gasteiger partial charge in [-0.25, -0.2) is 0 Å². The van der Waals surface area contributed by atoms with Gasteiger partial charge in [-0.1, -0.05) is 25.1 Å². The van der Waals surface area contributed by atoms with Crippen LogP contribution in [0, 0.1) is 0 Å². The fraction of sp³-hybridized carbons (Fsp3) is 0.304. The summed E-state index contributed by atoms with van der Waals surface area (Å²) >= 11 is 0. The molecule has 0 heterocycles. The highest BCUT2D eigenvalue weighted by molar-refractivity contribution is 6.07. The molecule has 0 radical (unpaired) electrons. The molecular weight excluding hydrogens is 338 g/mol. The van der Waals surface area contributed by atoms with Crippen molar-refractivity contribution in [3.8, 4) is 5.75 Å². The maximum absolute atomic E-state index is 12.5. The van der Waals surface area contributed by atoms with E-state index in [2.05, 4.69) is 6.92 Å². The Hall–Kier alpha value is -2.88. The molecule has 4 heteroatoms. The summed E-state index contributed by atoms with van der Waals surface area (Å²) in [5, 5.41) is 0. The van der Waals surface area contributed by atoms with Crippen molar-refractivity contribution in [2.75, 3.05) is 14.1 Å². The fourth-order valence-corrected chi connectivity index (χ4v) is 2.61. The van der Waals surface area contributed by atoms with E-state index in [-0.39, 0.29) is 17.8 Å². The molecule has 0 atom stereocenters. The van der Waals surface area contributed by atoms with Crippen LogP contribution in [0.4, 0.5) is 0 Å². The van der Waals surface area contributed by atoms with Gasteiger partial charge in [0.2, 0.25) is 0 Å². The monoisotopic (exact) mass is 365 g/mol. The normalized spacial score (nSPS) is 11.0. The smallest absolute Gasteiger partial charge is 0.253 e. The highest BCUT2D eigenvalue weighted by Crippen LogP contribution is 2.23. The van der Waals surface area contributed by atoms with Crippen LogP contribution in [0.1, 0.15) is 52.6 Å². The lowest BCUT2D eigenvalue weighted by molar-refractivity contribution is 0.0827. The Kier molecular flexibility index (Phi) is 6.94. The molecule has 2 rings (SSSR count). The van der Waals surface area contributed by atoms with Gasteiger partial charge in [0.25, 0.3) is 5.91 Å². The van der Waals surface area contributed by atoms with E-state index in [0.717, 1.165) is 17.7 Å². The molecule has 0 spiro atoms. The topological polar surface area (TPSA) is 46.6 Å². The van der Waals surface area contributed by atoms with E-state index in [9.17, 15) is 9.59 Å². The molecule has 2 aromatic rings. The first-order chi connectivity index (χ1) is 12.8. The molecule has 0 aliphatic heterocycles. The van der Waals surface area contributed by atoms with Crippen molar-refractivity contribution in [2.45, 2.75) is 33.3 Å². The Bertz CT molecular complexity index is 833. The van der Waals surface area contributed by atoms with Crippen molar-refractivity contribution in [3.05, 3.63) is 70.8 Å². The zero-order valence-electron chi connectivity index (χ0n) is 16.7. The molecule has 27 heavy (non-hydrogen) atoms. The highest BCUT2D eigenvalue weighted by Gasteiger charge is 2.10. The van der Waals surface area contributed by atoms with E-state index < -0.39 is 0 Å². The summed E-state index contributed by atoms with van der Waals surface area (Å²) in [7, 11) is 3.40. The van der Waals surface area contributed by atoms with Crippen LogP contribution in [0.5, 0.6) is 5.75 Å². The minimum Gasteiger partial charge on any atom is -0.490 e.